The highest BCUT2D eigenvalue weighted by molar-refractivity contribution is 7.16. The molecule has 0 aliphatic rings. The maximum atomic E-state index is 12.5. The predicted molar refractivity (Wildman–Crippen MR) is 117 cm³/mol. The number of nitrogens with zero attached hydrogens (tertiary/aromatic N) is 3. The third kappa shape index (κ3) is 5.15. The second kappa shape index (κ2) is 9.52. The quantitative estimate of drug-likeness (QED) is 0.560. The van der Waals surface area contributed by atoms with Crippen molar-refractivity contribution in [1.82, 2.24) is 14.8 Å². The molecule has 0 saturated carbocycles. The van der Waals surface area contributed by atoms with Crippen molar-refractivity contribution >= 4 is 28.3 Å². The lowest BCUT2D eigenvalue weighted by Gasteiger charge is -2.08. The fourth-order valence-electron chi connectivity index (χ4n) is 2.81. The molecule has 1 N–H and O–H groups in total. The van der Waals surface area contributed by atoms with Gasteiger partial charge < -0.3 is 14.8 Å². The summed E-state index contributed by atoms with van der Waals surface area (Å²) in [6.07, 6.45) is 0. The summed E-state index contributed by atoms with van der Waals surface area (Å²) in [4.78, 5) is 41.6. The Morgan fingerprint density at radius 2 is 1.97 bits per heavy atom. The molecule has 0 unspecified atom stereocenters. The Kier molecular flexibility index (Phi) is 6.81. The van der Waals surface area contributed by atoms with Crippen molar-refractivity contribution in [3.63, 3.8) is 0 Å². The number of amides is 1. The van der Waals surface area contributed by atoms with Gasteiger partial charge in [0.15, 0.2) is 10.8 Å². The third-order valence-corrected chi connectivity index (χ3v) is 5.60. The zero-order valence-corrected chi connectivity index (χ0v) is 18.4. The third-order valence-electron chi connectivity index (χ3n) is 4.33. The van der Waals surface area contributed by atoms with E-state index in [4.69, 9.17) is 9.47 Å². The Morgan fingerprint density at radius 3 is 2.65 bits per heavy atom. The van der Waals surface area contributed by atoms with Crippen molar-refractivity contribution < 1.29 is 19.1 Å². The minimum absolute atomic E-state index is 0.0288. The first-order valence-corrected chi connectivity index (χ1v) is 10.3. The van der Waals surface area contributed by atoms with E-state index >= 15 is 0 Å². The first kappa shape index (κ1) is 22.2. The molecule has 0 fully saturated rings. The van der Waals surface area contributed by atoms with Crippen molar-refractivity contribution in [3.8, 4) is 17.0 Å². The number of rotatable bonds is 7. The van der Waals surface area contributed by atoms with Crippen molar-refractivity contribution in [2.75, 3.05) is 19.5 Å². The fraction of sp³-hybridized carbons (Fsp3) is 0.286. The molecule has 0 spiro atoms. The molecule has 0 saturated heterocycles. The number of methoxy groups -OCH3 is 2. The van der Waals surface area contributed by atoms with E-state index in [9.17, 15) is 14.4 Å². The summed E-state index contributed by atoms with van der Waals surface area (Å²) in [5.41, 5.74) is 1.03. The average Bonchev–Trinajstić information content (AvgIpc) is 3.18. The molecule has 0 bridgehead atoms. The maximum Gasteiger partial charge on any atom is 0.357 e. The van der Waals surface area contributed by atoms with E-state index in [0.29, 0.717) is 16.3 Å². The summed E-state index contributed by atoms with van der Waals surface area (Å²) in [5, 5.41) is 7.18. The van der Waals surface area contributed by atoms with Gasteiger partial charge in [-0.25, -0.2) is 14.5 Å². The minimum Gasteiger partial charge on any atom is -0.497 e. The van der Waals surface area contributed by atoms with E-state index in [0.717, 1.165) is 10.2 Å². The number of hydrogen-bond donors (Lipinski definition) is 1. The lowest BCUT2D eigenvalue weighted by Crippen LogP contribution is -2.29. The van der Waals surface area contributed by atoms with Crippen LogP contribution in [0.5, 0.6) is 5.75 Å². The molecule has 0 aliphatic carbocycles. The molecular formula is C21H22N4O5S. The molecular weight excluding hydrogens is 420 g/mol. The molecule has 1 aromatic carbocycles. The number of ether oxygens (including phenoxy) is 2. The van der Waals surface area contributed by atoms with Gasteiger partial charge in [0.25, 0.3) is 5.56 Å². The normalized spacial score (nSPS) is 10.7. The number of anilines is 1. The Labute approximate surface area is 182 Å². The summed E-state index contributed by atoms with van der Waals surface area (Å²) in [5.74, 6) is -0.371. The lowest BCUT2D eigenvalue weighted by atomic mass is 10.1. The van der Waals surface area contributed by atoms with Crippen LogP contribution in [0.1, 0.15) is 35.1 Å². The molecule has 2 heterocycles. The highest BCUT2D eigenvalue weighted by Crippen LogP contribution is 2.30. The SMILES string of the molecule is COC(=O)c1nc(NC(=O)Cn2nc(-c3cccc(OC)c3)ccc2=O)sc1C(C)C. The fourth-order valence-corrected chi connectivity index (χ4v) is 3.78. The number of thiazole rings is 1. The molecule has 1 amide bonds. The summed E-state index contributed by atoms with van der Waals surface area (Å²) in [6.45, 7) is 3.53. The van der Waals surface area contributed by atoms with E-state index < -0.39 is 17.4 Å². The smallest absolute Gasteiger partial charge is 0.357 e. The van der Waals surface area contributed by atoms with Gasteiger partial charge in [0, 0.05) is 16.5 Å². The van der Waals surface area contributed by atoms with Crippen molar-refractivity contribution in [3.05, 3.63) is 57.3 Å². The van der Waals surface area contributed by atoms with Crippen molar-refractivity contribution in [1.29, 1.82) is 0 Å². The van der Waals surface area contributed by atoms with E-state index in [1.165, 1.54) is 24.5 Å². The van der Waals surface area contributed by atoms with Crippen LogP contribution in [-0.4, -0.2) is 40.9 Å². The van der Waals surface area contributed by atoms with Crippen LogP contribution in [0.15, 0.2) is 41.2 Å². The van der Waals surface area contributed by atoms with Crippen LogP contribution in [0, 0.1) is 0 Å². The Bertz CT molecular complexity index is 1170. The Hall–Kier alpha value is -3.53. The van der Waals surface area contributed by atoms with Crippen LogP contribution in [-0.2, 0) is 16.1 Å². The van der Waals surface area contributed by atoms with Gasteiger partial charge in [0.1, 0.15) is 12.3 Å². The maximum absolute atomic E-state index is 12.5. The minimum atomic E-state index is -0.565. The Morgan fingerprint density at radius 1 is 1.19 bits per heavy atom. The van der Waals surface area contributed by atoms with Crippen LogP contribution in [0.4, 0.5) is 5.13 Å². The molecule has 3 rings (SSSR count). The summed E-state index contributed by atoms with van der Waals surface area (Å²) in [7, 11) is 2.84. The van der Waals surface area contributed by atoms with Crippen molar-refractivity contribution in [2.24, 2.45) is 0 Å². The number of nitrogens with one attached hydrogen (secondary N) is 1. The molecule has 9 nitrogen and oxygen atoms in total. The Balaban J connectivity index is 1.81. The van der Waals surface area contributed by atoms with Gasteiger partial charge in [-0.15, -0.1) is 11.3 Å². The number of hydrogen-bond acceptors (Lipinski definition) is 8. The average molecular weight is 442 g/mol. The second-order valence-corrected chi connectivity index (χ2v) is 7.90. The summed E-state index contributed by atoms with van der Waals surface area (Å²) in [6, 6.07) is 10.2. The molecule has 162 valence electrons. The van der Waals surface area contributed by atoms with Crippen LogP contribution in [0.3, 0.4) is 0 Å². The first-order valence-electron chi connectivity index (χ1n) is 9.44. The number of aromatic nitrogens is 3. The molecule has 2 aromatic heterocycles. The van der Waals surface area contributed by atoms with Gasteiger partial charge in [0.05, 0.1) is 19.9 Å². The first-order chi connectivity index (χ1) is 14.8. The van der Waals surface area contributed by atoms with Gasteiger partial charge in [-0.2, -0.15) is 5.10 Å². The molecule has 0 radical (unpaired) electrons. The van der Waals surface area contributed by atoms with Crippen LogP contribution >= 0.6 is 11.3 Å². The van der Waals surface area contributed by atoms with Gasteiger partial charge >= 0.3 is 5.97 Å². The zero-order valence-electron chi connectivity index (χ0n) is 17.5. The van der Waals surface area contributed by atoms with E-state index in [2.05, 4.69) is 15.4 Å². The summed E-state index contributed by atoms with van der Waals surface area (Å²) >= 11 is 1.19. The number of carbonyl (C=O) groups excluding carboxylic acids is 2. The van der Waals surface area contributed by atoms with Crippen LogP contribution in [0.2, 0.25) is 0 Å². The molecule has 0 atom stereocenters. The topological polar surface area (TPSA) is 112 Å². The van der Waals surface area contributed by atoms with Gasteiger partial charge in [0.2, 0.25) is 5.91 Å². The number of esters is 1. The second-order valence-electron chi connectivity index (χ2n) is 6.87. The van der Waals surface area contributed by atoms with E-state index in [-0.39, 0.29) is 23.3 Å². The monoisotopic (exact) mass is 442 g/mol. The van der Waals surface area contributed by atoms with Gasteiger partial charge in [-0.1, -0.05) is 26.0 Å². The van der Waals surface area contributed by atoms with Crippen LogP contribution < -0.4 is 15.6 Å². The standard InChI is InChI=1S/C21H22N4O5S/c1-12(2)19-18(20(28)30-4)23-21(31-19)22-16(26)11-25-17(27)9-8-15(24-25)13-6-5-7-14(10-13)29-3/h5-10,12H,11H2,1-4H3,(H,22,23,26). The molecule has 31 heavy (non-hydrogen) atoms. The molecule has 10 heteroatoms. The van der Waals surface area contributed by atoms with E-state index in [1.54, 1.807) is 25.3 Å². The highest BCUT2D eigenvalue weighted by Gasteiger charge is 2.22. The largest absolute Gasteiger partial charge is 0.497 e. The summed E-state index contributed by atoms with van der Waals surface area (Å²) < 4.78 is 11.0. The zero-order chi connectivity index (χ0) is 22.5. The van der Waals surface area contributed by atoms with Crippen LogP contribution in [0.25, 0.3) is 11.3 Å². The van der Waals surface area contributed by atoms with Gasteiger partial charge in [-0.05, 0) is 24.1 Å². The molecule has 3 aromatic rings. The van der Waals surface area contributed by atoms with Gasteiger partial charge in [-0.3, -0.25) is 9.59 Å². The number of carbonyl (C=O) groups is 2. The highest BCUT2D eigenvalue weighted by atomic mass is 32.1. The lowest BCUT2D eigenvalue weighted by molar-refractivity contribution is -0.117. The predicted octanol–water partition coefficient (Wildman–Crippen LogP) is 2.92. The van der Waals surface area contributed by atoms with E-state index in [1.807, 2.05) is 26.0 Å². The number of benzene rings is 1. The molecule has 0 aliphatic heterocycles. The van der Waals surface area contributed by atoms with Crippen molar-refractivity contribution in [2.45, 2.75) is 26.3 Å².